The Kier molecular flexibility index (Phi) is 11.2. The number of anilines is 3. The van der Waals surface area contributed by atoms with Gasteiger partial charge in [0, 0.05) is 43.4 Å². The molecular formula is C41H50N6O4. The van der Waals surface area contributed by atoms with Gasteiger partial charge in [0.05, 0.1) is 12.3 Å². The number of nitrogens with one attached hydrogen (secondary N) is 2. The number of carbonyl (C=O) groups excluding carboxylic acids is 2. The molecular weight excluding hydrogens is 640 g/mol. The first kappa shape index (κ1) is 35.8. The highest BCUT2D eigenvalue weighted by Crippen LogP contribution is 2.33. The number of rotatable bonds is 11. The minimum absolute atomic E-state index is 0.117. The molecule has 0 saturated carbocycles. The summed E-state index contributed by atoms with van der Waals surface area (Å²) < 4.78 is 11.4. The average molecular weight is 691 g/mol. The Morgan fingerprint density at radius 1 is 0.941 bits per heavy atom. The van der Waals surface area contributed by atoms with Crippen LogP contribution in [0.15, 0.2) is 66.7 Å². The minimum Gasteiger partial charge on any atom is -0.461 e. The largest absolute Gasteiger partial charge is 0.461 e. The van der Waals surface area contributed by atoms with E-state index in [2.05, 4.69) is 44.8 Å². The van der Waals surface area contributed by atoms with E-state index in [0.717, 1.165) is 84.9 Å². The molecule has 0 amide bonds. The van der Waals surface area contributed by atoms with Gasteiger partial charge in [0.2, 0.25) is 0 Å². The molecule has 6 rings (SSSR count). The maximum Gasteiger partial charge on any atom is 0.311 e. The summed E-state index contributed by atoms with van der Waals surface area (Å²) in [5.74, 6) is 1.90. The SMILES string of the molecule is Cc1nc(NC[C@H](CC(=O)OCc2ccc(-c3ccccc3)cc2)C(=O)OC(C)(C)C)c(C)c(N2CCC(c3ccc4c(n3)NCCC4)CC2)n1. The molecule has 51 heavy (non-hydrogen) atoms. The van der Waals surface area contributed by atoms with E-state index in [1.165, 1.54) is 5.56 Å². The zero-order chi connectivity index (χ0) is 36.0. The van der Waals surface area contributed by atoms with Gasteiger partial charge in [0.1, 0.15) is 35.5 Å². The lowest BCUT2D eigenvalue weighted by atomic mass is 9.92. The van der Waals surface area contributed by atoms with Gasteiger partial charge in [-0.25, -0.2) is 15.0 Å². The van der Waals surface area contributed by atoms with Crippen LogP contribution in [-0.2, 0) is 32.1 Å². The lowest BCUT2D eigenvalue weighted by Gasteiger charge is -2.34. The van der Waals surface area contributed by atoms with Crippen molar-refractivity contribution in [3.05, 3.63) is 94.9 Å². The van der Waals surface area contributed by atoms with Crippen molar-refractivity contribution >= 4 is 29.4 Å². The number of aryl methyl sites for hydroxylation is 2. The Morgan fingerprint density at radius 3 is 2.39 bits per heavy atom. The van der Waals surface area contributed by atoms with E-state index in [-0.39, 0.29) is 19.6 Å². The number of hydrogen-bond acceptors (Lipinski definition) is 10. The smallest absolute Gasteiger partial charge is 0.311 e. The van der Waals surface area contributed by atoms with Crippen LogP contribution in [0, 0.1) is 19.8 Å². The van der Waals surface area contributed by atoms with E-state index in [9.17, 15) is 9.59 Å². The minimum atomic E-state index is -0.773. The fourth-order valence-electron chi connectivity index (χ4n) is 6.74. The van der Waals surface area contributed by atoms with Gasteiger partial charge in [-0.15, -0.1) is 0 Å². The van der Waals surface area contributed by atoms with Gasteiger partial charge >= 0.3 is 11.9 Å². The summed E-state index contributed by atoms with van der Waals surface area (Å²) in [5.41, 5.74) is 5.75. The number of piperidine rings is 1. The van der Waals surface area contributed by atoms with E-state index >= 15 is 0 Å². The van der Waals surface area contributed by atoms with Gasteiger partial charge in [-0.1, -0.05) is 60.7 Å². The molecule has 2 aliphatic rings. The topological polar surface area (TPSA) is 119 Å². The first-order valence-electron chi connectivity index (χ1n) is 18.1. The van der Waals surface area contributed by atoms with Crippen LogP contribution in [0.25, 0.3) is 11.1 Å². The maximum absolute atomic E-state index is 13.3. The number of fused-ring (bicyclic) bond motifs is 1. The third-order valence-corrected chi connectivity index (χ3v) is 9.49. The molecule has 0 unspecified atom stereocenters. The lowest BCUT2D eigenvalue weighted by Crippen LogP contribution is -2.35. The molecule has 1 fully saturated rings. The molecule has 10 heteroatoms. The number of carbonyl (C=O) groups is 2. The summed E-state index contributed by atoms with van der Waals surface area (Å²) in [6.45, 7) is 12.3. The van der Waals surface area contributed by atoms with Crippen LogP contribution in [0.1, 0.15) is 80.6 Å². The predicted molar refractivity (Wildman–Crippen MR) is 201 cm³/mol. The van der Waals surface area contributed by atoms with E-state index in [4.69, 9.17) is 19.4 Å². The molecule has 4 heterocycles. The van der Waals surface area contributed by atoms with Crippen LogP contribution in [-0.4, -0.2) is 58.7 Å². The van der Waals surface area contributed by atoms with Crippen molar-refractivity contribution in [2.45, 2.75) is 84.8 Å². The Hall–Kier alpha value is -4.99. The fraction of sp³-hybridized carbons (Fsp3) is 0.439. The van der Waals surface area contributed by atoms with Crippen molar-refractivity contribution in [1.29, 1.82) is 0 Å². The molecule has 0 aliphatic carbocycles. The number of hydrogen-bond donors (Lipinski definition) is 2. The molecule has 1 saturated heterocycles. The molecule has 10 nitrogen and oxygen atoms in total. The van der Waals surface area contributed by atoms with Crippen molar-refractivity contribution in [2.24, 2.45) is 5.92 Å². The van der Waals surface area contributed by atoms with Gasteiger partial charge in [-0.05, 0) is 88.6 Å². The summed E-state index contributed by atoms with van der Waals surface area (Å²) in [6, 6.07) is 22.5. The fourth-order valence-corrected chi connectivity index (χ4v) is 6.74. The van der Waals surface area contributed by atoms with Crippen molar-refractivity contribution < 1.29 is 19.1 Å². The average Bonchev–Trinajstić information content (AvgIpc) is 3.13. The molecule has 1 atom stereocenters. The monoisotopic (exact) mass is 690 g/mol. The van der Waals surface area contributed by atoms with Crippen LogP contribution in [0.3, 0.4) is 0 Å². The summed E-state index contributed by atoms with van der Waals surface area (Å²) in [5, 5.41) is 6.83. The van der Waals surface area contributed by atoms with Gasteiger partial charge in [-0.3, -0.25) is 9.59 Å². The highest BCUT2D eigenvalue weighted by Gasteiger charge is 2.30. The van der Waals surface area contributed by atoms with E-state index in [0.29, 0.717) is 17.6 Å². The maximum atomic E-state index is 13.3. The Labute approximate surface area is 301 Å². The standard InChI is InChI=1S/C41H50N6O4/c1-27-37(44-28(2)45-39(27)47-22-19-32(20-23-47)35-18-17-33-12-9-21-42-38(33)46-35)43-25-34(40(49)51-41(3,4)5)24-36(48)50-26-29-13-15-31(16-14-29)30-10-7-6-8-11-30/h6-8,10-11,13-18,32,34H,9,12,19-26H2,1-5H3,(H,42,46)(H,43,44,45)/t34-/m0/s1. The summed E-state index contributed by atoms with van der Waals surface area (Å²) >= 11 is 0. The summed E-state index contributed by atoms with van der Waals surface area (Å²) in [4.78, 5) is 43.2. The number of benzene rings is 2. The third-order valence-electron chi connectivity index (χ3n) is 9.49. The second kappa shape index (κ2) is 15.9. The number of pyridine rings is 1. The third kappa shape index (κ3) is 9.42. The van der Waals surface area contributed by atoms with Gasteiger partial charge < -0.3 is 25.0 Å². The molecule has 0 bridgehead atoms. The highest BCUT2D eigenvalue weighted by atomic mass is 16.6. The van der Waals surface area contributed by atoms with Crippen molar-refractivity contribution in [1.82, 2.24) is 15.0 Å². The molecule has 2 aliphatic heterocycles. The van der Waals surface area contributed by atoms with E-state index in [1.807, 2.05) is 77.1 Å². The quantitative estimate of drug-likeness (QED) is 0.154. The molecule has 2 aromatic carbocycles. The summed E-state index contributed by atoms with van der Waals surface area (Å²) in [7, 11) is 0. The zero-order valence-corrected chi connectivity index (χ0v) is 30.5. The predicted octanol–water partition coefficient (Wildman–Crippen LogP) is 7.40. The van der Waals surface area contributed by atoms with Gasteiger partial charge in [-0.2, -0.15) is 0 Å². The Bertz CT molecular complexity index is 1810. The molecule has 2 N–H and O–H groups in total. The van der Waals surface area contributed by atoms with Crippen LogP contribution < -0.4 is 15.5 Å². The van der Waals surface area contributed by atoms with E-state index < -0.39 is 23.5 Å². The van der Waals surface area contributed by atoms with Crippen LogP contribution in [0.5, 0.6) is 0 Å². The molecule has 268 valence electrons. The van der Waals surface area contributed by atoms with Crippen molar-refractivity contribution in [3.63, 3.8) is 0 Å². The van der Waals surface area contributed by atoms with Crippen molar-refractivity contribution in [3.8, 4) is 11.1 Å². The first-order chi connectivity index (χ1) is 24.5. The van der Waals surface area contributed by atoms with Crippen LogP contribution in [0.4, 0.5) is 17.5 Å². The van der Waals surface area contributed by atoms with Gasteiger partial charge in [0.15, 0.2) is 0 Å². The molecule has 0 radical (unpaired) electrons. The molecule has 4 aromatic rings. The van der Waals surface area contributed by atoms with Crippen LogP contribution in [0.2, 0.25) is 0 Å². The molecule has 2 aromatic heterocycles. The second-order valence-corrected chi connectivity index (χ2v) is 14.6. The van der Waals surface area contributed by atoms with Crippen LogP contribution >= 0.6 is 0 Å². The number of nitrogens with zero attached hydrogens (tertiary/aromatic N) is 4. The van der Waals surface area contributed by atoms with E-state index in [1.54, 1.807) is 0 Å². The Balaban J connectivity index is 1.08. The summed E-state index contributed by atoms with van der Waals surface area (Å²) in [6.07, 6.45) is 4.08. The second-order valence-electron chi connectivity index (χ2n) is 14.6. The number of esters is 2. The van der Waals surface area contributed by atoms with Gasteiger partial charge in [0.25, 0.3) is 0 Å². The number of ether oxygens (including phenoxy) is 2. The lowest BCUT2D eigenvalue weighted by molar-refractivity contribution is -0.163. The van der Waals surface area contributed by atoms with Crippen molar-refractivity contribution in [2.75, 3.05) is 41.7 Å². The highest BCUT2D eigenvalue weighted by molar-refractivity contribution is 5.81. The molecule has 0 spiro atoms. The first-order valence-corrected chi connectivity index (χ1v) is 18.1. The normalized spacial score (nSPS) is 15.4. The Morgan fingerprint density at radius 2 is 1.67 bits per heavy atom. The number of aromatic nitrogens is 3. The zero-order valence-electron chi connectivity index (χ0n) is 30.5.